The quantitative estimate of drug-likeness (QED) is 0.879. The van der Waals surface area contributed by atoms with E-state index in [1.807, 2.05) is 0 Å². The maximum atomic E-state index is 12.4. The summed E-state index contributed by atoms with van der Waals surface area (Å²) in [6.45, 7) is 0.676. The van der Waals surface area contributed by atoms with Crippen LogP contribution in [0.25, 0.3) is 11.5 Å². The van der Waals surface area contributed by atoms with Crippen LogP contribution < -0.4 is 14.8 Å². The van der Waals surface area contributed by atoms with Gasteiger partial charge in [0.1, 0.15) is 6.26 Å². The van der Waals surface area contributed by atoms with Gasteiger partial charge in [-0.15, -0.1) is 0 Å². The Labute approximate surface area is 120 Å². The lowest BCUT2D eigenvalue weighted by atomic mass is 10.2. The molecule has 1 aromatic carbocycles. The molecule has 0 saturated heterocycles. The van der Waals surface area contributed by atoms with E-state index in [4.69, 9.17) is 9.15 Å². The predicted molar refractivity (Wildman–Crippen MR) is 73.9 cm³/mol. The first kappa shape index (κ1) is 15.1. The molecule has 0 radical (unpaired) electrons. The van der Waals surface area contributed by atoms with E-state index in [1.165, 1.54) is 12.3 Å². The Morgan fingerprint density at radius 2 is 1.95 bits per heavy atom. The van der Waals surface area contributed by atoms with Crippen LogP contribution in [0.1, 0.15) is 13.8 Å². The summed E-state index contributed by atoms with van der Waals surface area (Å²) >= 11 is 0. The number of oxazole rings is 1. The van der Waals surface area contributed by atoms with Gasteiger partial charge in [0.2, 0.25) is 5.89 Å². The van der Waals surface area contributed by atoms with Crippen LogP contribution in [0.3, 0.4) is 0 Å². The van der Waals surface area contributed by atoms with Crippen LogP contribution in [0.5, 0.6) is 11.5 Å². The van der Waals surface area contributed by atoms with Crippen molar-refractivity contribution >= 4 is 5.82 Å². The van der Waals surface area contributed by atoms with Crippen molar-refractivity contribution in [3.63, 3.8) is 0 Å². The lowest BCUT2D eigenvalue weighted by molar-refractivity contribution is -0.0518. The van der Waals surface area contributed by atoms with Gasteiger partial charge in [-0.2, -0.15) is 13.8 Å². The summed E-state index contributed by atoms with van der Waals surface area (Å²) in [5, 5.41) is 2.84. The van der Waals surface area contributed by atoms with Crippen LogP contribution >= 0.6 is 0 Å². The van der Waals surface area contributed by atoms with Gasteiger partial charge < -0.3 is 19.2 Å². The van der Waals surface area contributed by atoms with E-state index < -0.39 is 6.61 Å². The van der Waals surface area contributed by atoms with Crippen LogP contribution in [0.15, 0.2) is 28.9 Å². The molecule has 0 unspecified atom stereocenters. The van der Waals surface area contributed by atoms with Crippen molar-refractivity contribution in [3.8, 4) is 23.0 Å². The molecule has 114 valence electrons. The molecule has 2 rings (SSSR count). The zero-order valence-corrected chi connectivity index (χ0v) is 11.9. The Balaban J connectivity index is 2.35. The summed E-state index contributed by atoms with van der Waals surface area (Å²) in [6, 6.07) is 4.54. The van der Waals surface area contributed by atoms with Gasteiger partial charge >= 0.3 is 6.61 Å². The van der Waals surface area contributed by atoms with Gasteiger partial charge in [-0.1, -0.05) is 0 Å². The Kier molecular flexibility index (Phi) is 4.62. The third kappa shape index (κ3) is 3.84. The minimum atomic E-state index is -2.91. The molecule has 0 amide bonds. The summed E-state index contributed by atoms with van der Waals surface area (Å²) in [7, 11) is 1.72. The molecule has 1 aromatic heterocycles. The van der Waals surface area contributed by atoms with E-state index in [0.717, 1.165) is 0 Å². The molecule has 21 heavy (non-hydrogen) atoms. The molecule has 0 fully saturated rings. The fourth-order valence-electron chi connectivity index (χ4n) is 1.70. The Hall–Kier alpha value is -2.31. The van der Waals surface area contributed by atoms with Crippen molar-refractivity contribution in [1.82, 2.24) is 4.98 Å². The average molecular weight is 298 g/mol. The van der Waals surface area contributed by atoms with Crippen molar-refractivity contribution in [2.75, 3.05) is 12.4 Å². The highest BCUT2D eigenvalue weighted by Gasteiger charge is 2.15. The molecule has 2 aromatic rings. The molecule has 0 aliphatic heterocycles. The Morgan fingerprint density at radius 1 is 1.19 bits per heavy atom. The number of nitrogens with zero attached hydrogens (tertiary/aromatic N) is 1. The van der Waals surface area contributed by atoms with E-state index in [2.05, 4.69) is 15.0 Å². The minimum absolute atomic E-state index is 0.0251. The largest absolute Gasteiger partial charge is 0.487 e. The van der Waals surface area contributed by atoms with Crippen molar-refractivity contribution in [1.29, 1.82) is 0 Å². The van der Waals surface area contributed by atoms with Gasteiger partial charge in [-0.05, 0) is 32.0 Å². The van der Waals surface area contributed by atoms with Crippen LogP contribution in [0.2, 0.25) is 0 Å². The molecular weight excluding hydrogens is 282 g/mol. The van der Waals surface area contributed by atoms with Gasteiger partial charge in [-0.25, -0.2) is 0 Å². The monoisotopic (exact) mass is 298 g/mol. The summed E-state index contributed by atoms with van der Waals surface area (Å²) in [6.07, 6.45) is 1.28. The molecular formula is C14H16F2N2O3. The molecule has 0 aliphatic rings. The maximum Gasteiger partial charge on any atom is 0.387 e. The van der Waals surface area contributed by atoms with Crippen LogP contribution in [-0.4, -0.2) is 24.7 Å². The number of benzene rings is 1. The predicted octanol–water partition coefficient (Wildman–Crippen LogP) is 3.77. The number of alkyl halides is 2. The van der Waals surface area contributed by atoms with Gasteiger partial charge in [0.15, 0.2) is 17.3 Å². The lowest BCUT2D eigenvalue weighted by Gasteiger charge is -2.15. The molecule has 0 bridgehead atoms. The standard InChI is InChI=1S/C14H16F2N2O3/c1-8(2)20-11-6-9(4-5-10(11)21-14(15)16)13-18-12(17-3)7-19-13/h4-8,14,17H,1-3H3. The van der Waals surface area contributed by atoms with Crippen molar-refractivity contribution in [2.45, 2.75) is 26.6 Å². The molecule has 0 saturated carbocycles. The fourth-order valence-corrected chi connectivity index (χ4v) is 1.70. The Bertz CT molecular complexity index is 600. The highest BCUT2D eigenvalue weighted by molar-refractivity contribution is 5.61. The van der Waals surface area contributed by atoms with Gasteiger partial charge in [0.25, 0.3) is 0 Å². The number of anilines is 1. The zero-order valence-electron chi connectivity index (χ0n) is 11.9. The number of hydrogen-bond acceptors (Lipinski definition) is 5. The van der Waals surface area contributed by atoms with Crippen LogP contribution in [-0.2, 0) is 0 Å². The SMILES string of the molecule is CNc1coc(-c2ccc(OC(F)F)c(OC(C)C)c2)n1. The Morgan fingerprint density at radius 3 is 2.52 bits per heavy atom. The second-order valence-corrected chi connectivity index (χ2v) is 4.49. The van der Waals surface area contributed by atoms with E-state index >= 15 is 0 Å². The van der Waals surface area contributed by atoms with Crippen LogP contribution in [0, 0.1) is 0 Å². The number of halogens is 2. The summed E-state index contributed by atoms with van der Waals surface area (Å²) in [4.78, 5) is 4.19. The van der Waals surface area contributed by atoms with Gasteiger partial charge in [-0.3, -0.25) is 0 Å². The maximum absolute atomic E-state index is 12.4. The second kappa shape index (κ2) is 6.43. The normalized spacial score (nSPS) is 11.0. The topological polar surface area (TPSA) is 56.5 Å². The molecule has 0 aliphatic carbocycles. The highest BCUT2D eigenvalue weighted by atomic mass is 19.3. The number of aromatic nitrogens is 1. The number of hydrogen-bond donors (Lipinski definition) is 1. The fraction of sp³-hybridized carbons (Fsp3) is 0.357. The third-order valence-electron chi connectivity index (χ3n) is 2.53. The third-order valence-corrected chi connectivity index (χ3v) is 2.53. The summed E-state index contributed by atoms with van der Waals surface area (Å²) in [5.74, 6) is 1.12. The van der Waals surface area contributed by atoms with E-state index in [-0.39, 0.29) is 17.6 Å². The first-order valence-electron chi connectivity index (χ1n) is 6.38. The minimum Gasteiger partial charge on any atom is -0.487 e. The van der Waals surface area contributed by atoms with E-state index in [9.17, 15) is 8.78 Å². The molecule has 0 spiro atoms. The van der Waals surface area contributed by atoms with E-state index in [1.54, 1.807) is 33.0 Å². The number of nitrogens with one attached hydrogen (secondary N) is 1. The van der Waals surface area contributed by atoms with Crippen molar-refractivity contribution in [3.05, 3.63) is 24.5 Å². The molecule has 1 heterocycles. The molecule has 0 atom stereocenters. The summed E-state index contributed by atoms with van der Waals surface area (Å²) in [5.41, 5.74) is 0.605. The lowest BCUT2D eigenvalue weighted by Crippen LogP contribution is -2.09. The molecule has 7 heteroatoms. The summed E-state index contributed by atoms with van der Waals surface area (Å²) < 4.78 is 40.0. The van der Waals surface area contributed by atoms with Crippen molar-refractivity contribution in [2.24, 2.45) is 0 Å². The first-order chi connectivity index (χ1) is 9.99. The van der Waals surface area contributed by atoms with E-state index in [0.29, 0.717) is 17.3 Å². The van der Waals surface area contributed by atoms with Crippen LogP contribution in [0.4, 0.5) is 14.6 Å². The number of rotatable bonds is 6. The smallest absolute Gasteiger partial charge is 0.387 e. The van der Waals surface area contributed by atoms with Crippen molar-refractivity contribution < 1.29 is 22.7 Å². The molecule has 1 N–H and O–H groups in total. The van der Waals surface area contributed by atoms with Gasteiger partial charge in [0.05, 0.1) is 6.10 Å². The highest BCUT2D eigenvalue weighted by Crippen LogP contribution is 2.34. The number of ether oxygens (including phenoxy) is 2. The van der Waals surface area contributed by atoms with Gasteiger partial charge in [0, 0.05) is 12.6 Å². The second-order valence-electron chi connectivity index (χ2n) is 4.49. The zero-order chi connectivity index (χ0) is 15.4. The average Bonchev–Trinajstić information content (AvgIpc) is 2.88. The molecule has 5 nitrogen and oxygen atoms in total. The first-order valence-corrected chi connectivity index (χ1v) is 6.38.